The molecule has 0 spiro atoms. The average molecular weight is 430 g/mol. The number of nitrogens with zero attached hydrogens (tertiary/aromatic N) is 3. The lowest BCUT2D eigenvalue weighted by atomic mass is 10.2. The minimum Gasteiger partial charge on any atom is -0.538 e. The van der Waals surface area contributed by atoms with Gasteiger partial charge in [0, 0.05) is 36.4 Å². The van der Waals surface area contributed by atoms with Gasteiger partial charge in [-0.2, -0.15) is 0 Å². The molecule has 3 rings (SSSR count). The molecule has 0 unspecified atom stereocenters. The van der Waals surface area contributed by atoms with Crippen LogP contribution in [0.25, 0.3) is 5.69 Å². The van der Waals surface area contributed by atoms with Crippen LogP contribution in [0.15, 0.2) is 52.0 Å². The summed E-state index contributed by atoms with van der Waals surface area (Å²) in [7, 11) is 1.55. The Bertz CT molecular complexity index is 1070. The number of methoxy groups -OCH3 is 1. The number of aromatic nitrogens is 2. The Morgan fingerprint density at radius 3 is 2.70 bits per heavy atom. The number of ether oxygens (including phenoxy) is 1. The number of nitro groups is 1. The summed E-state index contributed by atoms with van der Waals surface area (Å²) in [6.07, 6.45) is 0.0834. The molecule has 0 aliphatic carbocycles. The number of anilines is 1. The zero-order valence-corrected chi connectivity index (χ0v) is 17.0. The molecule has 1 N–H and O–H groups in total. The summed E-state index contributed by atoms with van der Waals surface area (Å²) >= 11 is 1.13. The van der Waals surface area contributed by atoms with E-state index in [9.17, 15) is 20.0 Å². The minimum absolute atomic E-state index is 0.0834. The highest BCUT2D eigenvalue weighted by Gasteiger charge is 2.21. The summed E-state index contributed by atoms with van der Waals surface area (Å²) in [5.41, 5.74) is 1.59. The lowest BCUT2D eigenvalue weighted by Gasteiger charge is -2.07. The summed E-state index contributed by atoms with van der Waals surface area (Å²) in [5.74, 6) is 0.0103. The fourth-order valence-corrected chi connectivity index (χ4v) is 3.46. The maximum Gasteiger partial charge on any atom is 0.297 e. The van der Waals surface area contributed by atoms with Gasteiger partial charge in [-0.25, -0.2) is 0 Å². The lowest BCUT2D eigenvalue weighted by Crippen LogP contribution is -2.34. The molecule has 0 saturated heterocycles. The quantitative estimate of drug-likeness (QED) is 0.249. The molecule has 0 radical (unpaired) electrons. The van der Waals surface area contributed by atoms with Gasteiger partial charge in [-0.05, 0) is 29.3 Å². The van der Waals surface area contributed by atoms with E-state index < -0.39 is 10.9 Å². The molecule has 1 heterocycles. The van der Waals surface area contributed by atoms with Gasteiger partial charge in [0.2, 0.25) is 11.6 Å². The second kappa shape index (κ2) is 9.27. The third-order valence-corrected chi connectivity index (χ3v) is 5.18. The molecule has 1 amide bonds. The SMILES string of the molecule is COc1ccc(-[n+]2noc([O-])c2SCCC(=O)Nc2cc([N+](=O)[O-])ccc2C)cc1. The van der Waals surface area contributed by atoms with Crippen LogP contribution in [-0.4, -0.2) is 29.0 Å². The maximum atomic E-state index is 12.3. The van der Waals surface area contributed by atoms with Crippen LogP contribution in [0.3, 0.4) is 0 Å². The normalized spacial score (nSPS) is 10.6. The second-order valence-electron chi connectivity index (χ2n) is 6.18. The molecule has 11 heteroatoms. The van der Waals surface area contributed by atoms with Crippen molar-refractivity contribution in [2.45, 2.75) is 18.4 Å². The third-order valence-electron chi connectivity index (χ3n) is 4.16. The molecule has 0 saturated carbocycles. The van der Waals surface area contributed by atoms with Crippen molar-refractivity contribution in [2.75, 3.05) is 18.2 Å². The van der Waals surface area contributed by atoms with Gasteiger partial charge < -0.3 is 19.7 Å². The molecular formula is C19H18N4O6S. The first-order chi connectivity index (χ1) is 14.4. The van der Waals surface area contributed by atoms with Crippen molar-refractivity contribution >= 4 is 29.0 Å². The maximum absolute atomic E-state index is 12.3. The van der Waals surface area contributed by atoms with Crippen LogP contribution in [-0.2, 0) is 4.79 Å². The highest BCUT2D eigenvalue weighted by atomic mass is 32.2. The van der Waals surface area contributed by atoms with E-state index in [-0.39, 0.29) is 28.8 Å². The van der Waals surface area contributed by atoms with Gasteiger partial charge in [0.15, 0.2) is 5.95 Å². The molecule has 0 aliphatic rings. The minimum atomic E-state index is -0.606. The molecule has 0 atom stereocenters. The Hall–Kier alpha value is -3.60. The average Bonchev–Trinajstić information content (AvgIpc) is 3.10. The number of amides is 1. The van der Waals surface area contributed by atoms with Crippen molar-refractivity contribution in [2.24, 2.45) is 0 Å². The molecule has 1 aromatic heterocycles. The van der Waals surface area contributed by atoms with E-state index in [0.29, 0.717) is 22.7 Å². The first-order valence-corrected chi connectivity index (χ1v) is 9.78. The Morgan fingerprint density at radius 1 is 1.30 bits per heavy atom. The van der Waals surface area contributed by atoms with Crippen LogP contribution in [0.5, 0.6) is 11.7 Å². The van der Waals surface area contributed by atoms with Gasteiger partial charge in [0.25, 0.3) is 10.7 Å². The largest absolute Gasteiger partial charge is 0.538 e. The fourth-order valence-electron chi connectivity index (χ4n) is 2.56. The van der Waals surface area contributed by atoms with Crippen LogP contribution in [0.1, 0.15) is 12.0 Å². The molecule has 156 valence electrons. The number of benzene rings is 2. The summed E-state index contributed by atoms with van der Waals surface area (Å²) in [5, 5.41) is 29.5. The first kappa shape index (κ1) is 21.1. The number of rotatable bonds is 8. The molecule has 30 heavy (non-hydrogen) atoms. The highest BCUT2D eigenvalue weighted by molar-refractivity contribution is 7.99. The molecule has 2 aromatic carbocycles. The number of hydrogen-bond acceptors (Lipinski definition) is 8. The van der Waals surface area contributed by atoms with Crippen molar-refractivity contribution in [3.8, 4) is 17.4 Å². The van der Waals surface area contributed by atoms with E-state index >= 15 is 0 Å². The predicted octanol–water partition coefficient (Wildman–Crippen LogP) is 2.37. The van der Waals surface area contributed by atoms with Crippen molar-refractivity contribution < 1.29 is 28.8 Å². The van der Waals surface area contributed by atoms with Crippen molar-refractivity contribution in [1.29, 1.82) is 0 Å². The third kappa shape index (κ3) is 4.87. The smallest absolute Gasteiger partial charge is 0.297 e. The van der Waals surface area contributed by atoms with E-state index in [1.807, 2.05) is 0 Å². The molecule has 0 aliphatic heterocycles. The topological polar surface area (TPSA) is 134 Å². The number of non-ortho nitro benzene ring substituents is 1. The number of thioether (sulfide) groups is 1. The van der Waals surface area contributed by atoms with Crippen molar-refractivity contribution in [3.05, 3.63) is 58.1 Å². The fraction of sp³-hybridized carbons (Fsp3) is 0.211. The molecule has 10 nitrogen and oxygen atoms in total. The van der Waals surface area contributed by atoms with E-state index in [1.165, 1.54) is 16.8 Å². The number of nitrogens with one attached hydrogen (secondary N) is 1. The summed E-state index contributed by atoms with van der Waals surface area (Å²) < 4.78 is 11.2. The number of carbonyl (C=O) groups excluding carboxylic acids is 1. The second-order valence-corrected chi connectivity index (χ2v) is 7.26. The van der Waals surface area contributed by atoms with E-state index in [2.05, 4.69) is 10.6 Å². The van der Waals surface area contributed by atoms with Crippen LogP contribution in [0.4, 0.5) is 11.4 Å². The molecule has 3 aromatic rings. The standard InChI is InChI=1S/C19H18N4O6S/c1-12-3-4-14(23(26)27)11-16(12)20-17(24)9-10-30-18-19(25)29-21-22(18)13-5-7-15(28-2)8-6-13/h3-8,11H,9-10H2,1-2H3,(H-,20,21,24,25). The van der Waals surface area contributed by atoms with Crippen LogP contribution in [0.2, 0.25) is 0 Å². The summed E-state index contributed by atoms with van der Waals surface area (Å²) in [6, 6.07) is 11.2. The van der Waals surface area contributed by atoms with Crippen LogP contribution < -0.4 is 19.8 Å². The van der Waals surface area contributed by atoms with Gasteiger partial charge in [-0.15, -0.1) is 0 Å². The Morgan fingerprint density at radius 2 is 2.03 bits per heavy atom. The van der Waals surface area contributed by atoms with Gasteiger partial charge in [0.05, 0.1) is 23.0 Å². The zero-order chi connectivity index (χ0) is 21.7. The van der Waals surface area contributed by atoms with Crippen molar-refractivity contribution in [1.82, 2.24) is 5.27 Å². The van der Waals surface area contributed by atoms with E-state index in [0.717, 1.165) is 11.8 Å². The summed E-state index contributed by atoms with van der Waals surface area (Å²) in [6.45, 7) is 1.74. The van der Waals surface area contributed by atoms with Crippen LogP contribution in [0, 0.1) is 17.0 Å². The predicted molar refractivity (Wildman–Crippen MR) is 106 cm³/mol. The van der Waals surface area contributed by atoms with Gasteiger partial charge in [-0.1, -0.05) is 17.8 Å². The van der Waals surface area contributed by atoms with Gasteiger partial charge in [0.1, 0.15) is 5.75 Å². The number of hydrogen-bond donors (Lipinski definition) is 1. The Kier molecular flexibility index (Phi) is 6.52. The number of aryl methyl sites for hydroxylation is 1. The number of nitro benzene ring substituents is 1. The zero-order valence-electron chi connectivity index (χ0n) is 16.2. The van der Waals surface area contributed by atoms with Gasteiger partial charge in [-0.3, -0.25) is 14.9 Å². The van der Waals surface area contributed by atoms with Crippen molar-refractivity contribution in [3.63, 3.8) is 0 Å². The van der Waals surface area contributed by atoms with E-state index in [4.69, 9.17) is 9.26 Å². The van der Waals surface area contributed by atoms with Gasteiger partial charge >= 0.3 is 0 Å². The monoisotopic (exact) mass is 430 g/mol. The lowest BCUT2D eigenvalue weighted by molar-refractivity contribution is -0.705. The highest BCUT2D eigenvalue weighted by Crippen LogP contribution is 2.25. The summed E-state index contributed by atoms with van der Waals surface area (Å²) in [4.78, 5) is 22.6. The molecule has 0 bridgehead atoms. The first-order valence-electron chi connectivity index (χ1n) is 8.80. The van der Waals surface area contributed by atoms with Crippen LogP contribution >= 0.6 is 11.8 Å². The Labute approximate surface area is 175 Å². The van der Waals surface area contributed by atoms with E-state index in [1.54, 1.807) is 44.4 Å². The molecular weight excluding hydrogens is 412 g/mol. The molecule has 0 fully saturated rings. The Balaban J connectivity index is 1.63. The number of carbonyl (C=O) groups is 1.